The molecular formula is C10H11NO4. The molecule has 0 aliphatic heterocycles. The fourth-order valence-electron chi connectivity index (χ4n) is 1.02. The molecule has 0 heterocycles. The zero-order chi connectivity index (χ0) is 13.8. The molecule has 1 aromatic carbocycles. The van der Waals surface area contributed by atoms with Gasteiger partial charge in [0.2, 0.25) is 6.20 Å². The second-order valence-electron chi connectivity index (χ2n) is 2.61. The predicted molar refractivity (Wildman–Crippen MR) is 55.6 cm³/mol. The minimum atomic E-state index is -2.62. The van der Waals surface area contributed by atoms with E-state index < -0.39 is 12.0 Å². The van der Waals surface area contributed by atoms with E-state index in [2.05, 4.69) is 0 Å². The molecule has 1 rings (SSSR count). The average Bonchev–Trinajstić information content (AvgIpc) is 2.25. The van der Waals surface area contributed by atoms with Crippen molar-refractivity contribution in [1.82, 2.24) is 0 Å². The van der Waals surface area contributed by atoms with E-state index in [0.29, 0.717) is 11.9 Å². The Balaban J connectivity index is 3.12. The largest absolute Gasteiger partial charge is 0.497 e. The van der Waals surface area contributed by atoms with E-state index in [1.54, 1.807) is 0 Å². The van der Waals surface area contributed by atoms with Crippen molar-refractivity contribution in [3.8, 4) is 11.5 Å². The Kier molecular flexibility index (Phi) is 2.42. The number of ether oxygens (including phenoxy) is 2. The molecule has 0 fully saturated rings. The highest BCUT2D eigenvalue weighted by Crippen LogP contribution is 2.24. The molecule has 1 aromatic rings. The van der Waals surface area contributed by atoms with E-state index in [-0.39, 0.29) is 11.3 Å². The lowest BCUT2D eigenvalue weighted by atomic mass is 10.2. The van der Waals surface area contributed by atoms with Crippen LogP contribution in [0.4, 0.5) is 0 Å². The molecule has 0 N–H and O–H groups in total. The summed E-state index contributed by atoms with van der Waals surface area (Å²) in [5.74, 6) is 0.463. The fraction of sp³-hybridized carbons (Fsp3) is 0.200. The molecule has 0 bridgehead atoms. The second-order valence-corrected chi connectivity index (χ2v) is 2.61. The van der Waals surface area contributed by atoms with Crippen LogP contribution in [-0.2, 0) is 0 Å². The van der Waals surface area contributed by atoms with Gasteiger partial charge in [-0.05, 0) is 18.2 Å². The van der Waals surface area contributed by atoms with Gasteiger partial charge in [-0.15, -0.1) is 0 Å². The lowest BCUT2D eigenvalue weighted by molar-refractivity contribution is -0.400. The smallest absolute Gasteiger partial charge is 0.235 e. The summed E-state index contributed by atoms with van der Waals surface area (Å²) < 4.78 is 30.7. The molecule has 0 spiro atoms. The number of nitrogens with zero attached hydrogens (tertiary/aromatic N) is 1. The Morgan fingerprint density at radius 3 is 2.93 bits per heavy atom. The SMILES string of the molecule is [2H]C([2H])([2H])Oc1ccc(OC)cc1/C=C/[N+](=O)[O-]. The van der Waals surface area contributed by atoms with Crippen molar-refractivity contribution < 1.29 is 18.5 Å². The Bertz CT molecular complexity index is 471. The standard InChI is InChI=1S/C10H11NO4/c1-14-9-3-4-10(15-2)8(7-9)5-6-11(12)13/h3-7H,1-2H3/b6-5+/i2D3. The van der Waals surface area contributed by atoms with Gasteiger partial charge in [0.1, 0.15) is 11.5 Å². The van der Waals surface area contributed by atoms with E-state index in [1.165, 1.54) is 25.3 Å². The molecule has 5 nitrogen and oxygen atoms in total. The molecule has 0 atom stereocenters. The van der Waals surface area contributed by atoms with Crippen molar-refractivity contribution in [2.75, 3.05) is 14.1 Å². The van der Waals surface area contributed by atoms with Gasteiger partial charge >= 0.3 is 0 Å². The van der Waals surface area contributed by atoms with Crippen LogP contribution in [-0.4, -0.2) is 19.1 Å². The van der Waals surface area contributed by atoms with E-state index in [1.807, 2.05) is 0 Å². The zero-order valence-electron chi connectivity index (χ0n) is 11.0. The highest BCUT2D eigenvalue weighted by Gasteiger charge is 2.02. The first-order valence-corrected chi connectivity index (χ1v) is 4.00. The second kappa shape index (κ2) is 4.99. The van der Waals surface area contributed by atoms with E-state index >= 15 is 0 Å². The Morgan fingerprint density at radius 2 is 2.33 bits per heavy atom. The highest BCUT2D eigenvalue weighted by molar-refractivity contribution is 5.58. The van der Waals surface area contributed by atoms with E-state index in [0.717, 1.165) is 6.08 Å². The first-order valence-electron chi connectivity index (χ1n) is 5.50. The van der Waals surface area contributed by atoms with Crippen LogP contribution in [0.3, 0.4) is 0 Å². The van der Waals surface area contributed by atoms with Gasteiger partial charge < -0.3 is 9.47 Å². The molecule has 0 aromatic heterocycles. The molecule has 0 saturated heterocycles. The van der Waals surface area contributed by atoms with Gasteiger partial charge in [0.25, 0.3) is 0 Å². The number of methoxy groups -OCH3 is 2. The minimum absolute atomic E-state index is 0.0221. The predicted octanol–water partition coefficient (Wildman–Crippen LogP) is 1.95. The maximum absolute atomic E-state index is 10.3. The third-order valence-corrected chi connectivity index (χ3v) is 1.70. The maximum atomic E-state index is 10.3. The van der Waals surface area contributed by atoms with Crippen LogP contribution < -0.4 is 9.47 Å². The molecule has 0 radical (unpaired) electrons. The monoisotopic (exact) mass is 212 g/mol. The molecule has 0 aliphatic rings. The Hall–Kier alpha value is -2.04. The van der Waals surface area contributed by atoms with Crippen LogP contribution in [0.2, 0.25) is 0 Å². The number of rotatable bonds is 4. The normalized spacial score (nSPS) is 14.1. The molecule has 80 valence electrons. The van der Waals surface area contributed by atoms with E-state index in [4.69, 9.17) is 13.6 Å². The summed E-state index contributed by atoms with van der Waals surface area (Å²) in [5, 5.41) is 10.3. The quantitative estimate of drug-likeness (QED) is 0.565. The molecule has 5 heteroatoms. The van der Waals surface area contributed by atoms with Gasteiger partial charge in [0.05, 0.1) is 23.2 Å². The number of hydrogen-bond donors (Lipinski definition) is 0. The lowest BCUT2D eigenvalue weighted by Crippen LogP contribution is -1.90. The number of nitro groups is 1. The zero-order valence-corrected chi connectivity index (χ0v) is 7.97. The summed E-state index contributed by atoms with van der Waals surface area (Å²) in [6.45, 7) is 0. The number of hydrogen-bond acceptors (Lipinski definition) is 4. The summed E-state index contributed by atoms with van der Waals surface area (Å²) in [5.41, 5.74) is 0.252. The Morgan fingerprint density at radius 1 is 1.53 bits per heavy atom. The average molecular weight is 212 g/mol. The van der Waals surface area contributed by atoms with Crippen molar-refractivity contribution in [2.24, 2.45) is 0 Å². The molecule has 0 unspecified atom stereocenters. The van der Waals surface area contributed by atoms with Gasteiger partial charge in [-0.25, -0.2) is 0 Å². The molecule has 0 saturated carbocycles. The van der Waals surface area contributed by atoms with Crippen molar-refractivity contribution in [1.29, 1.82) is 0 Å². The summed E-state index contributed by atoms with van der Waals surface area (Å²) in [7, 11) is -1.19. The van der Waals surface area contributed by atoms with Crippen LogP contribution in [0.5, 0.6) is 11.5 Å². The van der Waals surface area contributed by atoms with Crippen LogP contribution in [0.25, 0.3) is 6.08 Å². The first kappa shape index (κ1) is 7.28. The van der Waals surface area contributed by atoms with Crippen LogP contribution in [0.15, 0.2) is 24.4 Å². The van der Waals surface area contributed by atoms with Crippen molar-refractivity contribution >= 4 is 6.08 Å². The summed E-state index contributed by atoms with van der Waals surface area (Å²) >= 11 is 0. The third kappa shape index (κ3) is 2.98. The minimum Gasteiger partial charge on any atom is -0.497 e. The summed E-state index contributed by atoms with van der Waals surface area (Å²) in [6, 6.07) is 4.33. The van der Waals surface area contributed by atoms with Crippen LogP contribution >= 0.6 is 0 Å². The van der Waals surface area contributed by atoms with E-state index in [9.17, 15) is 10.1 Å². The molecule has 15 heavy (non-hydrogen) atoms. The fourth-order valence-corrected chi connectivity index (χ4v) is 1.02. The highest BCUT2D eigenvalue weighted by atomic mass is 16.6. The van der Waals surface area contributed by atoms with Crippen LogP contribution in [0, 0.1) is 10.1 Å². The van der Waals surface area contributed by atoms with Gasteiger partial charge in [0.15, 0.2) is 0 Å². The van der Waals surface area contributed by atoms with Gasteiger partial charge in [0, 0.05) is 11.6 Å². The molecular weight excluding hydrogens is 198 g/mol. The molecule has 0 amide bonds. The third-order valence-electron chi connectivity index (χ3n) is 1.70. The van der Waals surface area contributed by atoms with Crippen molar-refractivity contribution in [3.05, 3.63) is 40.1 Å². The first-order chi connectivity index (χ1) is 8.31. The Labute approximate surface area is 91.3 Å². The molecule has 0 aliphatic carbocycles. The van der Waals surface area contributed by atoms with Crippen molar-refractivity contribution in [2.45, 2.75) is 0 Å². The summed E-state index contributed by atoms with van der Waals surface area (Å²) in [4.78, 5) is 9.61. The lowest BCUT2D eigenvalue weighted by Gasteiger charge is -2.06. The summed E-state index contributed by atoms with van der Waals surface area (Å²) in [6.07, 6.45) is 1.84. The van der Waals surface area contributed by atoms with Gasteiger partial charge in [-0.3, -0.25) is 10.1 Å². The number of benzene rings is 1. The van der Waals surface area contributed by atoms with Crippen LogP contribution in [0.1, 0.15) is 9.68 Å². The van der Waals surface area contributed by atoms with Gasteiger partial charge in [-0.2, -0.15) is 0 Å². The topological polar surface area (TPSA) is 61.6 Å². The van der Waals surface area contributed by atoms with Crippen molar-refractivity contribution in [3.63, 3.8) is 0 Å². The maximum Gasteiger partial charge on any atom is 0.235 e. The van der Waals surface area contributed by atoms with Gasteiger partial charge in [-0.1, -0.05) is 0 Å².